The normalized spacial score (nSPS) is 10.9. The average Bonchev–Trinajstić information content (AvgIpc) is 2.37. The first-order chi connectivity index (χ1) is 9.06. The summed E-state index contributed by atoms with van der Waals surface area (Å²) in [7, 11) is 1.61. The molecular weight excluding hydrogens is 249 g/mol. The van der Waals surface area contributed by atoms with Gasteiger partial charge in [0, 0.05) is 32.0 Å². The van der Waals surface area contributed by atoms with Crippen molar-refractivity contribution in [3.63, 3.8) is 0 Å². The minimum atomic E-state index is -1.06. The van der Waals surface area contributed by atoms with E-state index in [9.17, 15) is 9.18 Å². The van der Waals surface area contributed by atoms with Crippen LogP contribution in [0.3, 0.4) is 0 Å². The molecule has 0 heterocycles. The molecule has 1 aromatic carbocycles. The molecule has 0 saturated heterocycles. The van der Waals surface area contributed by atoms with Crippen molar-refractivity contribution in [2.24, 2.45) is 0 Å². The van der Waals surface area contributed by atoms with Gasteiger partial charge < -0.3 is 14.7 Å². The second kappa shape index (κ2) is 7.53. The average molecular weight is 267 g/mol. The Bertz CT molecular complexity index is 460. The van der Waals surface area contributed by atoms with Gasteiger partial charge in [0.15, 0.2) is 0 Å². The number of hydrogen-bond acceptors (Lipinski definition) is 3. The predicted molar refractivity (Wildman–Crippen MR) is 72.8 cm³/mol. The number of carbonyl (C=O) groups is 1. The highest BCUT2D eigenvalue weighted by atomic mass is 19.1. The van der Waals surface area contributed by atoms with E-state index in [0.717, 1.165) is 12.6 Å². The smallest absolute Gasteiger partial charge is 0.328 e. The van der Waals surface area contributed by atoms with Gasteiger partial charge >= 0.3 is 5.97 Å². The summed E-state index contributed by atoms with van der Waals surface area (Å²) in [5, 5.41) is 8.58. The van der Waals surface area contributed by atoms with E-state index < -0.39 is 11.8 Å². The van der Waals surface area contributed by atoms with Crippen molar-refractivity contribution >= 4 is 17.7 Å². The van der Waals surface area contributed by atoms with Gasteiger partial charge in [0.2, 0.25) is 0 Å². The second-order valence-corrected chi connectivity index (χ2v) is 3.99. The highest BCUT2D eigenvalue weighted by molar-refractivity contribution is 5.85. The molecule has 0 bridgehead atoms. The lowest BCUT2D eigenvalue weighted by Crippen LogP contribution is -2.26. The first kappa shape index (κ1) is 15.2. The zero-order valence-electron chi connectivity index (χ0n) is 11.1. The zero-order chi connectivity index (χ0) is 14.3. The molecule has 0 atom stereocenters. The van der Waals surface area contributed by atoms with E-state index in [1.54, 1.807) is 13.2 Å². The van der Waals surface area contributed by atoms with Gasteiger partial charge in [0.05, 0.1) is 6.61 Å². The van der Waals surface area contributed by atoms with E-state index in [-0.39, 0.29) is 0 Å². The Morgan fingerprint density at radius 2 is 2.21 bits per heavy atom. The quantitative estimate of drug-likeness (QED) is 0.771. The van der Waals surface area contributed by atoms with Crippen molar-refractivity contribution in [2.75, 3.05) is 31.7 Å². The molecule has 1 rings (SSSR count). The molecule has 0 fully saturated rings. The number of benzene rings is 1. The van der Waals surface area contributed by atoms with Gasteiger partial charge in [-0.25, -0.2) is 9.18 Å². The Labute approximate surface area is 112 Å². The molecule has 0 radical (unpaired) electrons. The molecule has 1 aromatic rings. The van der Waals surface area contributed by atoms with E-state index in [2.05, 4.69) is 0 Å². The molecule has 0 saturated carbocycles. The topological polar surface area (TPSA) is 49.8 Å². The predicted octanol–water partition coefficient (Wildman–Crippen LogP) is 2.40. The maximum atomic E-state index is 13.5. The molecule has 0 aliphatic carbocycles. The van der Waals surface area contributed by atoms with Gasteiger partial charge in [-0.3, -0.25) is 0 Å². The van der Waals surface area contributed by atoms with E-state index in [1.165, 1.54) is 18.2 Å². The van der Waals surface area contributed by atoms with E-state index in [4.69, 9.17) is 9.84 Å². The van der Waals surface area contributed by atoms with Gasteiger partial charge in [-0.2, -0.15) is 0 Å². The van der Waals surface area contributed by atoms with Gasteiger partial charge in [-0.1, -0.05) is 0 Å². The number of anilines is 1. The Hall–Kier alpha value is -1.88. The van der Waals surface area contributed by atoms with Crippen molar-refractivity contribution in [1.29, 1.82) is 0 Å². The number of likely N-dealkylation sites (N-methyl/N-ethyl adjacent to an activating group) is 1. The maximum absolute atomic E-state index is 13.5. The van der Waals surface area contributed by atoms with Crippen LogP contribution in [-0.2, 0) is 9.53 Å². The van der Waals surface area contributed by atoms with E-state index >= 15 is 0 Å². The van der Waals surface area contributed by atoms with Crippen LogP contribution in [0.5, 0.6) is 0 Å². The van der Waals surface area contributed by atoms with Crippen LogP contribution in [0, 0.1) is 5.82 Å². The molecule has 4 nitrogen and oxygen atoms in total. The Kier molecular flexibility index (Phi) is 6.02. The van der Waals surface area contributed by atoms with Crippen LogP contribution in [-0.4, -0.2) is 37.9 Å². The summed E-state index contributed by atoms with van der Waals surface area (Å²) in [6.45, 7) is 3.88. The molecule has 0 aromatic heterocycles. The standard InChI is InChI=1S/C14H18FNO3/c1-3-16(6-7-19-2)13-9-11(4-5-14(17)18)8-12(15)10-13/h4-5,8-10H,3,6-7H2,1-2H3,(H,17,18)/b5-4+. The van der Waals surface area contributed by atoms with Crippen LogP contribution in [0.1, 0.15) is 12.5 Å². The number of rotatable bonds is 7. The molecular formula is C14H18FNO3. The van der Waals surface area contributed by atoms with Crippen LogP contribution in [0.4, 0.5) is 10.1 Å². The summed E-state index contributed by atoms with van der Waals surface area (Å²) < 4.78 is 18.5. The third kappa shape index (κ3) is 5.09. The lowest BCUT2D eigenvalue weighted by atomic mass is 10.1. The second-order valence-electron chi connectivity index (χ2n) is 3.99. The molecule has 0 amide bonds. The summed E-state index contributed by atoms with van der Waals surface area (Å²) in [6, 6.07) is 4.48. The molecule has 104 valence electrons. The number of methoxy groups -OCH3 is 1. The summed E-state index contributed by atoms with van der Waals surface area (Å²) in [5.74, 6) is -1.45. The minimum Gasteiger partial charge on any atom is -0.478 e. The number of carboxylic acid groups (broad SMARTS) is 1. The van der Waals surface area contributed by atoms with Crippen LogP contribution in [0.2, 0.25) is 0 Å². The van der Waals surface area contributed by atoms with Gasteiger partial charge in [-0.05, 0) is 36.8 Å². The fraction of sp³-hybridized carbons (Fsp3) is 0.357. The Balaban J connectivity index is 2.96. The van der Waals surface area contributed by atoms with Gasteiger partial charge in [-0.15, -0.1) is 0 Å². The Morgan fingerprint density at radius 1 is 1.47 bits per heavy atom. The number of aliphatic carboxylic acids is 1. The number of halogens is 1. The van der Waals surface area contributed by atoms with Crippen LogP contribution in [0.15, 0.2) is 24.3 Å². The number of hydrogen-bond donors (Lipinski definition) is 1. The fourth-order valence-corrected chi connectivity index (χ4v) is 1.71. The summed E-state index contributed by atoms with van der Waals surface area (Å²) >= 11 is 0. The molecule has 0 unspecified atom stereocenters. The third-order valence-electron chi connectivity index (χ3n) is 2.64. The van der Waals surface area contributed by atoms with Crippen molar-refractivity contribution in [3.05, 3.63) is 35.7 Å². The van der Waals surface area contributed by atoms with Gasteiger partial charge in [0.1, 0.15) is 5.82 Å². The molecule has 5 heteroatoms. The van der Waals surface area contributed by atoms with E-state index in [1.807, 2.05) is 11.8 Å². The summed E-state index contributed by atoms with van der Waals surface area (Å²) in [6.07, 6.45) is 2.36. The molecule has 1 N–H and O–H groups in total. The third-order valence-corrected chi connectivity index (χ3v) is 2.64. The minimum absolute atomic E-state index is 0.390. The highest BCUT2D eigenvalue weighted by Crippen LogP contribution is 2.19. The maximum Gasteiger partial charge on any atom is 0.328 e. The molecule has 0 aliphatic heterocycles. The van der Waals surface area contributed by atoms with Crippen LogP contribution < -0.4 is 4.90 Å². The van der Waals surface area contributed by atoms with Crippen molar-refractivity contribution in [1.82, 2.24) is 0 Å². The molecule has 0 spiro atoms. The first-order valence-electron chi connectivity index (χ1n) is 6.02. The first-order valence-corrected chi connectivity index (χ1v) is 6.02. The zero-order valence-corrected chi connectivity index (χ0v) is 11.1. The number of carboxylic acids is 1. The lowest BCUT2D eigenvalue weighted by molar-refractivity contribution is -0.131. The summed E-state index contributed by atoms with van der Waals surface area (Å²) in [5.41, 5.74) is 1.23. The largest absolute Gasteiger partial charge is 0.478 e. The number of nitrogens with zero attached hydrogens (tertiary/aromatic N) is 1. The van der Waals surface area contributed by atoms with Crippen molar-refractivity contribution in [3.8, 4) is 0 Å². The van der Waals surface area contributed by atoms with E-state index in [0.29, 0.717) is 24.4 Å². The fourth-order valence-electron chi connectivity index (χ4n) is 1.71. The molecule has 0 aliphatic rings. The van der Waals surface area contributed by atoms with Crippen molar-refractivity contribution < 1.29 is 19.0 Å². The van der Waals surface area contributed by atoms with Gasteiger partial charge in [0.25, 0.3) is 0 Å². The SMILES string of the molecule is CCN(CCOC)c1cc(F)cc(/C=C/C(=O)O)c1. The van der Waals surface area contributed by atoms with Crippen LogP contribution in [0.25, 0.3) is 6.08 Å². The van der Waals surface area contributed by atoms with Crippen molar-refractivity contribution in [2.45, 2.75) is 6.92 Å². The highest BCUT2D eigenvalue weighted by Gasteiger charge is 2.06. The number of ether oxygens (including phenoxy) is 1. The monoisotopic (exact) mass is 267 g/mol. The summed E-state index contributed by atoms with van der Waals surface area (Å²) in [4.78, 5) is 12.4. The Morgan fingerprint density at radius 3 is 2.79 bits per heavy atom. The molecule has 19 heavy (non-hydrogen) atoms. The van der Waals surface area contributed by atoms with Crippen LogP contribution >= 0.6 is 0 Å². The lowest BCUT2D eigenvalue weighted by Gasteiger charge is -2.23.